The molecule has 0 aliphatic carbocycles. The van der Waals surface area contributed by atoms with Crippen LogP contribution in [0.5, 0.6) is 0 Å². The lowest BCUT2D eigenvalue weighted by Gasteiger charge is -2.25. The third-order valence-electron chi connectivity index (χ3n) is 1.52. The molecule has 0 fully saturated rings. The van der Waals surface area contributed by atoms with E-state index >= 15 is 0 Å². The summed E-state index contributed by atoms with van der Waals surface area (Å²) in [6, 6.07) is -1.17. The number of nitrogens with one attached hydrogen (secondary N) is 1. The number of rotatable bonds is 3. The summed E-state index contributed by atoms with van der Waals surface area (Å²) >= 11 is 0. The Hall–Kier alpha value is -0.850. The highest BCUT2D eigenvalue weighted by molar-refractivity contribution is 5.68. The molecule has 0 rings (SSSR count). The van der Waals surface area contributed by atoms with Crippen molar-refractivity contribution in [3.05, 3.63) is 0 Å². The van der Waals surface area contributed by atoms with Gasteiger partial charge in [-0.25, -0.2) is 4.79 Å². The van der Waals surface area contributed by atoms with Gasteiger partial charge in [0.25, 0.3) is 0 Å². The predicted molar refractivity (Wildman–Crippen MR) is 53.1 cm³/mol. The van der Waals surface area contributed by atoms with Crippen molar-refractivity contribution >= 4 is 6.09 Å². The first-order valence-corrected chi connectivity index (χ1v) is 4.67. The fraction of sp³-hybridized carbons (Fsp3) is 0.889. The van der Waals surface area contributed by atoms with Crippen molar-refractivity contribution in [2.24, 2.45) is 0 Å². The minimum absolute atomic E-state index is 0.673. The van der Waals surface area contributed by atoms with Gasteiger partial charge in [0.2, 0.25) is 0 Å². The van der Waals surface area contributed by atoms with Gasteiger partial charge in [0.15, 0.2) is 6.29 Å². The van der Waals surface area contributed by atoms with E-state index in [4.69, 9.17) is 20.1 Å². The minimum Gasteiger partial charge on any atom is -0.444 e. The zero-order valence-electron chi connectivity index (χ0n) is 9.39. The van der Waals surface area contributed by atoms with Gasteiger partial charge in [0, 0.05) is 0 Å². The molecule has 0 aromatic carbocycles. The number of aliphatic hydroxyl groups excluding tert-OH is 2. The topological polar surface area (TPSA) is 99.0 Å². The summed E-state index contributed by atoms with van der Waals surface area (Å²) in [7, 11) is 0. The van der Waals surface area contributed by atoms with Crippen molar-refractivity contribution in [3.8, 4) is 0 Å². The third kappa shape index (κ3) is 6.27. The fourth-order valence-corrected chi connectivity index (χ4v) is 0.888. The molecule has 2 atom stereocenters. The first-order chi connectivity index (χ1) is 6.63. The molecular weight excluding hydrogens is 202 g/mol. The van der Waals surface area contributed by atoms with Gasteiger partial charge in [-0.05, 0) is 27.7 Å². The van der Waals surface area contributed by atoms with E-state index in [1.807, 2.05) is 0 Å². The highest BCUT2D eigenvalue weighted by Gasteiger charge is 2.26. The monoisotopic (exact) mass is 221 g/mol. The molecule has 6 heteroatoms. The third-order valence-corrected chi connectivity index (χ3v) is 1.52. The number of hydrogen-bond acceptors (Lipinski definition) is 5. The van der Waals surface area contributed by atoms with Crippen LogP contribution in [0.3, 0.4) is 0 Å². The fourth-order valence-electron chi connectivity index (χ4n) is 0.888. The molecule has 1 amide bonds. The summed E-state index contributed by atoms with van der Waals surface area (Å²) in [5.41, 5.74) is -0.673. The van der Waals surface area contributed by atoms with Crippen LogP contribution >= 0.6 is 0 Å². The highest BCUT2D eigenvalue weighted by atomic mass is 16.6. The van der Waals surface area contributed by atoms with Crippen molar-refractivity contribution in [1.29, 1.82) is 0 Å². The first kappa shape index (κ1) is 14.2. The van der Waals surface area contributed by atoms with Gasteiger partial charge >= 0.3 is 6.09 Å². The lowest BCUT2D eigenvalue weighted by molar-refractivity contribution is -0.0936. The zero-order chi connectivity index (χ0) is 12.2. The number of carbonyl (C=O) groups is 1. The number of alkyl carbamates (subject to hydrolysis) is 1. The Labute approximate surface area is 88.9 Å². The van der Waals surface area contributed by atoms with Crippen LogP contribution in [0.15, 0.2) is 0 Å². The molecule has 90 valence electrons. The molecule has 0 bridgehead atoms. The number of amides is 1. The Kier molecular flexibility index (Phi) is 4.99. The molecule has 0 aliphatic rings. The van der Waals surface area contributed by atoms with E-state index in [-0.39, 0.29) is 0 Å². The molecule has 0 saturated heterocycles. The molecule has 0 aliphatic heterocycles. The molecule has 0 saturated carbocycles. The Morgan fingerprint density at radius 3 is 2.00 bits per heavy atom. The van der Waals surface area contributed by atoms with E-state index in [1.54, 1.807) is 20.8 Å². The molecule has 0 unspecified atom stereocenters. The maximum absolute atomic E-state index is 11.2. The Morgan fingerprint density at radius 1 is 1.27 bits per heavy atom. The standard InChI is InChI=1S/C9H19NO5/c1-5(11)6(7(12)13)10-8(14)15-9(2,3)4/h5-7,11-13H,1-4H3,(H,10,14)/t5-,6+/m1/s1. The predicted octanol–water partition coefficient (Wildman–Crippen LogP) is -0.429. The summed E-state index contributed by atoms with van der Waals surface area (Å²) in [5.74, 6) is 0. The average Bonchev–Trinajstić information content (AvgIpc) is 1.95. The Bertz CT molecular complexity index is 201. The summed E-state index contributed by atoms with van der Waals surface area (Å²) in [4.78, 5) is 11.2. The van der Waals surface area contributed by atoms with Gasteiger partial charge in [0.1, 0.15) is 11.6 Å². The second-order valence-electron chi connectivity index (χ2n) is 4.33. The van der Waals surface area contributed by atoms with Crippen LogP contribution in [-0.4, -0.2) is 45.4 Å². The second kappa shape index (κ2) is 5.29. The number of hydrogen-bond donors (Lipinski definition) is 4. The van der Waals surface area contributed by atoms with Crippen molar-refractivity contribution in [3.63, 3.8) is 0 Å². The van der Waals surface area contributed by atoms with Crippen LogP contribution in [0.1, 0.15) is 27.7 Å². The lowest BCUT2D eigenvalue weighted by atomic mass is 10.2. The molecular formula is C9H19NO5. The van der Waals surface area contributed by atoms with E-state index in [0.29, 0.717) is 0 Å². The van der Waals surface area contributed by atoms with Crippen molar-refractivity contribution < 1.29 is 24.9 Å². The summed E-state index contributed by atoms with van der Waals surface area (Å²) in [6.45, 7) is 6.37. The normalized spacial score (nSPS) is 16.0. The van der Waals surface area contributed by atoms with Crippen LogP contribution in [0, 0.1) is 0 Å². The molecule has 0 heterocycles. The second-order valence-corrected chi connectivity index (χ2v) is 4.33. The lowest BCUT2D eigenvalue weighted by Crippen LogP contribution is -2.51. The Morgan fingerprint density at radius 2 is 1.73 bits per heavy atom. The zero-order valence-corrected chi connectivity index (χ0v) is 9.39. The van der Waals surface area contributed by atoms with E-state index in [0.717, 1.165) is 0 Å². The van der Waals surface area contributed by atoms with Crippen LogP contribution in [0.4, 0.5) is 4.79 Å². The maximum atomic E-state index is 11.2. The van der Waals surface area contributed by atoms with Gasteiger partial charge in [-0.1, -0.05) is 0 Å². The molecule has 0 radical (unpaired) electrons. The van der Waals surface area contributed by atoms with Crippen LogP contribution < -0.4 is 5.32 Å². The van der Waals surface area contributed by atoms with E-state index in [9.17, 15) is 4.79 Å². The van der Waals surface area contributed by atoms with E-state index in [1.165, 1.54) is 6.92 Å². The van der Waals surface area contributed by atoms with E-state index < -0.39 is 30.1 Å². The number of aliphatic hydroxyl groups is 3. The summed E-state index contributed by atoms with van der Waals surface area (Å²) in [6.07, 6.45) is -3.73. The molecule has 15 heavy (non-hydrogen) atoms. The SMILES string of the molecule is C[C@@H](O)[C@H](NC(=O)OC(C)(C)C)C(O)O. The molecule has 0 aromatic heterocycles. The quantitative estimate of drug-likeness (QED) is 0.485. The highest BCUT2D eigenvalue weighted by Crippen LogP contribution is 2.07. The first-order valence-electron chi connectivity index (χ1n) is 4.67. The van der Waals surface area contributed by atoms with Gasteiger partial charge in [-0.3, -0.25) is 0 Å². The van der Waals surface area contributed by atoms with Crippen molar-refractivity contribution in [2.45, 2.75) is 51.7 Å². The maximum Gasteiger partial charge on any atom is 0.408 e. The van der Waals surface area contributed by atoms with Gasteiger partial charge in [-0.15, -0.1) is 0 Å². The Balaban J connectivity index is 4.25. The van der Waals surface area contributed by atoms with Crippen LogP contribution in [-0.2, 0) is 4.74 Å². The van der Waals surface area contributed by atoms with Crippen LogP contribution in [0.25, 0.3) is 0 Å². The minimum atomic E-state index is -1.84. The average molecular weight is 221 g/mol. The summed E-state index contributed by atoms with van der Waals surface area (Å²) in [5, 5.41) is 29.0. The molecule has 0 spiro atoms. The molecule has 0 aromatic rings. The van der Waals surface area contributed by atoms with Crippen molar-refractivity contribution in [1.82, 2.24) is 5.32 Å². The van der Waals surface area contributed by atoms with Crippen molar-refractivity contribution in [2.75, 3.05) is 0 Å². The van der Waals surface area contributed by atoms with Gasteiger partial charge in [-0.2, -0.15) is 0 Å². The van der Waals surface area contributed by atoms with Gasteiger partial charge < -0.3 is 25.4 Å². The number of ether oxygens (including phenoxy) is 1. The molecule has 4 N–H and O–H groups in total. The summed E-state index contributed by atoms with van der Waals surface area (Å²) < 4.78 is 4.89. The van der Waals surface area contributed by atoms with E-state index in [2.05, 4.69) is 5.32 Å². The largest absolute Gasteiger partial charge is 0.444 e. The van der Waals surface area contributed by atoms with Gasteiger partial charge in [0.05, 0.1) is 6.10 Å². The molecule has 6 nitrogen and oxygen atoms in total. The van der Waals surface area contributed by atoms with Crippen LogP contribution in [0.2, 0.25) is 0 Å². The smallest absolute Gasteiger partial charge is 0.408 e. The number of carbonyl (C=O) groups excluding carboxylic acids is 1.